The van der Waals surface area contributed by atoms with Crippen molar-refractivity contribution in [1.82, 2.24) is 0 Å². The summed E-state index contributed by atoms with van der Waals surface area (Å²) in [6.07, 6.45) is 0. The Morgan fingerprint density at radius 3 is 0.341 bits per heavy atom. The molecular formula is C24H60O12P4Ru. The van der Waals surface area contributed by atoms with Gasteiger partial charge in [-0.2, -0.15) is 0 Å². The van der Waals surface area contributed by atoms with Crippen LogP contribution in [0, 0.1) is 0 Å². The van der Waals surface area contributed by atoms with E-state index < -0.39 is 34.4 Å². The third kappa shape index (κ3) is 46.4. The Balaban J connectivity index is -0.000000139. The van der Waals surface area contributed by atoms with Gasteiger partial charge >= 0.3 is 34.4 Å². The first-order chi connectivity index (χ1) is 19.4. The molecule has 0 saturated heterocycles. The molecule has 0 aromatic heterocycles. The van der Waals surface area contributed by atoms with Crippen LogP contribution in [0.2, 0.25) is 0 Å². The van der Waals surface area contributed by atoms with Crippen molar-refractivity contribution in [3.05, 3.63) is 0 Å². The molecule has 0 aliphatic carbocycles. The summed E-state index contributed by atoms with van der Waals surface area (Å²) in [4.78, 5) is 0. The predicted molar refractivity (Wildman–Crippen MR) is 167 cm³/mol. The van der Waals surface area contributed by atoms with Crippen molar-refractivity contribution in [2.75, 3.05) is 79.3 Å². The van der Waals surface area contributed by atoms with Gasteiger partial charge in [-0.25, -0.2) is 0 Å². The van der Waals surface area contributed by atoms with E-state index in [9.17, 15) is 0 Å². The molecule has 0 aliphatic heterocycles. The molecule has 0 rings (SSSR count). The fourth-order valence-electron chi connectivity index (χ4n) is 1.71. The van der Waals surface area contributed by atoms with Crippen molar-refractivity contribution < 1.29 is 73.8 Å². The molecule has 0 unspecified atom stereocenters. The molecule has 12 nitrogen and oxygen atoms in total. The van der Waals surface area contributed by atoms with Crippen LogP contribution in [0.1, 0.15) is 83.1 Å². The molecule has 0 amide bonds. The van der Waals surface area contributed by atoms with Gasteiger partial charge in [-0.05, 0) is 83.1 Å². The molecule has 0 radical (unpaired) electrons. The topological polar surface area (TPSA) is 111 Å². The second-order valence-electron chi connectivity index (χ2n) is 5.91. The maximum absolute atomic E-state index is 5.14. The van der Waals surface area contributed by atoms with Crippen molar-refractivity contribution in [2.24, 2.45) is 0 Å². The van der Waals surface area contributed by atoms with Crippen LogP contribution >= 0.6 is 34.4 Å². The fourth-order valence-corrected chi connectivity index (χ4v) is 5.14. The standard InChI is InChI=1S/4C6H15O3P.Ru/c4*1-4-7-10(8-5-2)9-6-3;/h4*4-6H2,1-3H3;. The van der Waals surface area contributed by atoms with Gasteiger partial charge < -0.3 is 54.3 Å². The van der Waals surface area contributed by atoms with Gasteiger partial charge in [0.05, 0.1) is 79.3 Å². The van der Waals surface area contributed by atoms with Crippen LogP contribution in [0.15, 0.2) is 0 Å². The normalized spacial score (nSPS) is 10.5. The van der Waals surface area contributed by atoms with Crippen molar-refractivity contribution in [3.8, 4) is 0 Å². The van der Waals surface area contributed by atoms with E-state index >= 15 is 0 Å². The Hall–Kier alpha value is 1.86. The number of hydrogen-bond donors (Lipinski definition) is 0. The predicted octanol–water partition coefficient (Wildman–Crippen LogP) is 9.29. The van der Waals surface area contributed by atoms with Crippen LogP contribution in [0.5, 0.6) is 0 Å². The van der Waals surface area contributed by atoms with Crippen LogP contribution in [0.25, 0.3) is 0 Å². The van der Waals surface area contributed by atoms with Gasteiger partial charge in [-0.15, -0.1) is 0 Å². The molecule has 0 aromatic carbocycles. The molecule has 41 heavy (non-hydrogen) atoms. The fraction of sp³-hybridized carbons (Fsp3) is 1.00. The van der Waals surface area contributed by atoms with E-state index in [4.69, 9.17) is 54.3 Å². The Morgan fingerprint density at radius 2 is 0.293 bits per heavy atom. The monoisotopic (exact) mass is 766 g/mol. The third-order valence-corrected chi connectivity index (χ3v) is 8.44. The first kappa shape index (κ1) is 52.4. The average Bonchev–Trinajstić information content (AvgIpc) is 2.92. The van der Waals surface area contributed by atoms with Gasteiger partial charge in [0.25, 0.3) is 0 Å². The quantitative estimate of drug-likeness (QED) is 0.0690. The molecule has 0 bridgehead atoms. The molecule has 256 valence electrons. The Labute approximate surface area is 269 Å². The summed E-state index contributed by atoms with van der Waals surface area (Å²) >= 11 is 0. The van der Waals surface area contributed by atoms with Crippen LogP contribution in [-0.4, -0.2) is 79.3 Å². The second kappa shape index (κ2) is 48.8. The molecule has 0 saturated carbocycles. The van der Waals surface area contributed by atoms with Gasteiger partial charge in [0.15, 0.2) is 0 Å². The first-order valence-electron chi connectivity index (χ1n) is 14.1. The van der Waals surface area contributed by atoms with E-state index in [1.54, 1.807) is 0 Å². The number of hydrogen-bond acceptors (Lipinski definition) is 12. The molecule has 0 N–H and O–H groups in total. The van der Waals surface area contributed by atoms with E-state index in [-0.39, 0.29) is 19.5 Å². The van der Waals surface area contributed by atoms with E-state index in [2.05, 4.69) is 0 Å². The van der Waals surface area contributed by atoms with E-state index in [1.807, 2.05) is 83.1 Å². The molecular weight excluding hydrogens is 705 g/mol. The summed E-state index contributed by atoms with van der Waals surface area (Å²) in [6.45, 7) is 30.8. The largest absolute Gasteiger partial charge is 0.332 e. The summed E-state index contributed by atoms with van der Waals surface area (Å²) in [5.41, 5.74) is 0. The molecule has 0 atom stereocenters. The Morgan fingerprint density at radius 1 is 0.220 bits per heavy atom. The van der Waals surface area contributed by atoms with E-state index in [0.717, 1.165) is 0 Å². The summed E-state index contributed by atoms with van der Waals surface area (Å²) in [5, 5.41) is 0. The Kier molecular flexibility index (Phi) is 62.3. The smallest absolute Gasteiger partial charge is 0.313 e. The SMILES string of the molecule is CCOP(OCC)OCC.CCOP(OCC)OCC.CCOP(OCC)OCC.CCOP(OCC)OCC.[Ru]. The van der Waals surface area contributed by atoms with Crippen molar-refractivity contribution in [3.63, 3.8) is 0 Å². The molecule has 0 heterocycles. The second-order valence-corrected chi connectivity index (χ2v) is 10.8. The van der Waals surface area contributed by atoms with Crippen molar-refractivity contribution in [2.45, 2.75) is 83.1 Å². The van der Waals surface area contributed by atoms with Gasteiger partial charge in [0.2, 0.25) is 0 Å². The Bertz CT molecular complexity index is 302. The summed E-state index contributed by atoms with van der Waals surface area (Å²) < 4.78 is 61.7. The van der Waals surface area contributed by atoms with Crippen molar-refractivity contribution in [1.29, 1.82) is 0 Å². The minimum absolute atomic E-state index is 0. The zero-order valence-corrected chi connectivity index (χ0v) is 32.8. The average molecular weight is 766 g/mol. The van der Waals surface area contributed by atoms with Crippen molar-refractivity contribution >= 4 is 34.4 Å². The van der Waals surface area contributed by atoms with Gasteiger partial charge in [-0.3, -0.25) is 0 Å². The molecule has 17 heteroatoms. The van der Waals surface area contributed by atoms with Gasteiger partial charge in [-0.1, -0.05) is 0 Å². The van der Waals surface area contributed by atoms with Crippen LogP contribution in [0.4, 0.5) is 0 Å². The zero-order chi connectivity index (χ0) is 31.3. The van der Waals surface area contributed by atoms with Crippen LogP contribution in [0.3, 0.4) is 0 Å². The molecule has 0 aliphatic rings. The third-order valence-electron chi connectivity index (χ3n) is 2.81. The first-order valence-corrected chi connectivity index (χ1v) is 18.5. The van der Waals surface area contributed by atoms with Gasteiger partial charge in [0.1, 0.15) is 0 Å². The molecule has 0 aromatic rings. The number of rotatable bonds is 24. The zero-order valence-electron chi connectivity index (χ0n) is 27.5. The minimum atomic E-state index is -1.06. The molecule has 0 spiro atoms. The summed E-state index contributed by atoms with van der Waals surface area (Å²) in [7, 11) is -4.24. The van der Waals surface area contributed by atoms with E-state index in [1.165, 1.54) is 0 Å². The molecule has 0 fully saturated rings. The maximum Gasteiger partial charge on any atom is 0.332 e. The summed E-state index contributed by atoms with van der Waals surface area (Å²) in [5.74, 6) is 0. The van der Waals surface area contributed by atoms with Gasteiger partial charge in [0, 0.05) is 19.5 Å². The van der Waals surface area contributed by atoms with Crippen LogP contribution in [-0.2, 0) is 73.8 Å². The minimum Gasteiger partial charge on any atom is -0.313 e. The maximum atomic E-state index is 5.14. The van der Waals surface area contributed by atoms with E-state index in [0.29, 0.717) is 79.3 Å². The summed E-state index contributed by atoms with van der Waals surface area (Å²) in [6, 6.07) is 0. The van der Waals surface area contributed by atoms with Crippen LogP contribution < -0.4 is 0 Å².